The zero-order chi connectivity index (χ0) is 21.8. The van der Waals surface area contributed by atoms with Crippen LogP contribution >= 0.6 is 0 Å². The summed E-state index contributed by atoms with van der Waals surface area (Å²) >= 11 is 0. The Kier molecular flexibility index (Phi) is 6.23. The van der Waals surface area contributed by atoms with Gasteiger partial charge in [0, 0.05) is 44.4 Å². The van der Waals surface area contributed by atoms with E-state index in [9.17, 15) is 9.59 Å². The molecule has 0 radical (unpaired) electrons. The first-order chi connectivity index (χ1) is 14.9. The van der Waals surface area contributed by atoms with Crippen LogP contribution in [0.5, 0.6) is 0 Å². The van der Waals surface area contributed by atoms with Gasteiger partial charge in [-0.2, -0.15) is 0 Å². The molecule has 1 saturated carbocycles. The van der Waals surface area contributed by atoms with Gasteiger partial charge in [-0.15, -0.1) is 0 Å². The first kappa shape index (κ1) is 21.3. The van der Waals surface area contributed by atoms with Gasteiger partial charge in [-0.05, 0) is 29.7 Å². The van der Waals surface area contributed by atoms with Crippen LogP contribution in [0.3, 0.4) is 0 Å². The summed E-state index contributed by atoms with van der Waals surface area (Å²) in [6.45, 7) is 1.00. The number of ether oxygens (including phenoxy) is 1. The summed E-state index contributed by atoms with van der Waals surface area (Å²) in [5.74, 6) is -0.539. The molecular formula is C24H27FN2O4. The lowest BCUT2D eigenvalue weighted by Gasteiger charge is -2.36. The summed E-state index contributed by atoms with van der Waals surface area (Å²) in [6.07, 6.45) is 1.13. The molecule has 1 aliphatic heterocycles. The van der Waals surface area contributed by atoms with Crippen LogP contribution in [-0.2, 0) is 11.3 Å². The van der Waals surface area contributed by atoms with Crippen molar-refractivity contribution in [3.05, 3.63) is 71.3 Å². The van der Waals surface area contributed by atoms with Crippen molar-refractivity contribution >= 4 is 12.1 Å². The zero-order valence-corrected chi connectivity index (χ0v) is 17.3. The van der Waals surface area contributed by atoms with Gasteiger partial charge >= 0.3 is 12.1 Å². The molecule has 1 saturated heterocycles. The highest BCUT2D eigenvalue weighted by Crippen LogP contribution is 2.41. The maximum Gasteiger partial charge on any atom is 0.410 e. The van der Waals surface area contributed by atoms with Crippen LogP contribution in [-0.4, -0.2) is 53.4 Å². The first-order valence-electron chi connectivity index (χ1n) is 10.6. The fourth-order valence-corrected chi connectivity index (χ4v) is 4.05. The number of nitrogens with one attached hydrogen (secondary N) is 1. The van der Waals surface area contributed by atoms with Crippen LogP contribution in [0, 0.1) is 0 Å². The Morgan fingerprint density at radius 1 is 1.10 bits per heavy atom. The predicted molar refractivity (Wildman–Crippen MR) is 114 cm³/mol. The van der Waals surface area contributed by atoms with E-state index in [2.05, 4.69) is 17.4 Å². The molecule has 0 unspecified atom stereocenters. The summed E-state index contributed by atoms with van der Waals surface area (Å²) in [6, 6.07) is 16.8. The van der Waals surface area contributed by atoms with Gasteiger partial charge in [-0.3, -0.25) is 0 Å². The number of carbonyl (C=O) groups is 2. The van der Waals surface area contributed by atoms with Crippen LogP contribution in [0.1, 0.15) is 46.7 Å². The molecule has 0 aromatic heterocycles. The Morgan fingerprint density at radius 3 is 2.42 bits per heavy atom. The second kappa shape index (κ2) is 9.06. The molecular weight excluding hydrogens is 399 g/mol. The quantitative estimate of drug-likeness (QED) is 0.700. The van der Waals surface area contributed by atoms with Gasteiger partial charge in [-0.1, -0.05) is 42.5 Å². The number of hydrogen-bond donors (Lipinski definition) is 2. The fraction of sp³-hybridized carbons (Fsp3) is 0.417. The zero-order valence-electron chi connectivity index (χ0n) is 17.3. The third-order valence-corrected chi connectivity index (χ3v) is 6.18. The van der Waals surface area contributed by atoms with Gasteiger partial charge < -0.3 is 20.1 Å². The van der Waals surface area contributed by atoms with Gasteiger partial charge in [-0.25, -0.2) is 14.0 Å². The number of piperidine rings is 1. The largest absolute Gasteiger partial charge is 0.478 e. The average molecular weight is 426 g/mol. The standard InChI is InChI=1S/C24H27FN2O4/c25-24(16-26-21-14-20(21)18-4-2-1-3-5-18)10-12-27(13-11-24)23(30)31-15-17-6-8-19(9-7-17)22(28)29/h1-9,20-21,26H,10-16H2,(H,28,29)/t20-,21+/m0/s1. The molecule has 0 bridgehead atoms. The van der Waals surface area contributed by atoms with Gasteiger partial charge in [0.2, 0.25) is 0 Å². The third-order valence-electron chi connectivity index (χ3n) is 6.18. The highest BCUT2D eigenvalue weighted by Gasteiger charge is 2.42. The van der Waals surface area contributed by atoms with E-state index in [1.165, 1.54) is 22.6 Å². The Hall–Kier alpha value is -2.93. The maximum atomic E-state index is 15.2. The van der Waals surface area contributed by atoms with E-state index in [0.717, 1.165) is 6.42 Å². The molecule has 2 fully saturated rings. The van der Waals surface area contributed by atoms with Gasteiger partial charge in [0.05, 0.1) is 5.56 Å². The molecule has 6 nitrogen and oxygen atoms in total. The van der Waals surface area contributed by atoms with Crippen LogP contribution in [0.4, 0.5) is 9.18 Å². The Labute approximate surface area is 181 Å². The normalized spacial score (nSPS) is 22.0. The van der Waals surface area contributed by atoms with Crippen molar-refractivity contribution in [1.29, 1.82) is 0 Å². The second-order valence-electron chi connectivity index (χ2n) is 8.43. The minimum absolute atomic E-state index is 0.0557. The number of amides is 1. The number of halogens is 1. The molecule has 2 N–H and O–H groups in total. The Bertz CT molecular complexity index is 911. The lowest BCUT2D eigenvalue weighted by atomic mass is 9.93. The Balaban J connectivity index is 1.18. The number of carboxylic acid groups (broad SMARTS) is 1. The van der Waals surface area contributed by atoms with Crippen LogP contribution < -0.4 is 5.32 Å². The smallest absolute Gasteiger partial charge is 0.410 e. The fourth-order valence-electron chi connectivity index (χ4n) is 4.05. The highest BCUT2D eigenvalue weighted by molar-refractivity contribution is 5.87. The molecule has 1 heterocycles. The summed E-state index contributed by atoms with van der Waals surface area (Å²) in [5.41, 5.74) is 0.868. The molecule has 1 amide bonds. The SMILES string of the molecule is O=C(O)c1ccc(COC(=O)N2CCC(F)(CN[C@@H]3C[C@H]3c3ccccc3)CC2)cc1. The van der Waals surface area contributed by atoms with Crippen LogP contribution in [0.2, 0.25) is 0 Å². The molecule has 2 aromatic carbocycles. The molecule has 1 aliphatic carbocycles. The molecule has 164 valence electrons. The minimum atomic E-state index is -1.31. The molecule has 7 heteroatoms. The lowest BCUT2D eigenvalue weighted by Crippen LogP contribution is -2.49. The monoisotopic (exact) mass is 426 g/mol. The first-order valence-corrected chi connectivity index (χ1v) is 10.6. The highest BCUT2D eigenvalue weighted by atomic mass is 19.1. The van der Waals surface area contributed by atoms with E-state index in [0.29, 0.717) is 37.2 Å². The van der Waals surface area contributed by atoms with E-state index < -0.39 is 17.7 Å². The molecule has 2 aliphatic rings. The van der Waals surface area contributed by atoms with E-state index in [-0.39, 0.29) is 25.0 Å². The Morgan fingerprint density at radius 2 is 1.77 bits per heavy atom. The van der Waals surface area contributed by atoms with Crippen molar-refractivity contribution in [1.82, 2.24) is 10.2 Å². The summed E-state index contributed by atoms with van der Waals surface area (Å²) in [4.78, 5) is 24.7. The van der Waals surface area contributed by atoms with Crippen LogP contribution in [0.25, 0.3) is 0 Å². The molecule has 0 spiro atoms. The van der Waals surface area contributed by atoms with E-state index >= 15 is 4.39 Å². The third kappa shape index (κ3) is 5.41. The van der Waals surface area contributed by atoms with E-state index in [1.807, 2.05) is 18.2 Å². The number of benzene rings is 2. The molecule has 31 heavy (non-hydrogen) atoms. The van der Waals surface area contributed by atoms with E-state index in [4.69, 9.17) is 9.84 Å². The molecule has 2 atom stereocenters. The van der Waals surface area contributed by atoms with Gasteiger partial charge in [0.1, 0.15) is 12.3 Å². The van der Waals surface area contributed by atoms with Crippen molar-refractivity contribution < 1.29 is 23.8 Å². The summed E-state index contributed by atoms with van der Waals surface area (Å²) in [5, 5.41) is 12.3. The van der Waals surface area contributed by atoms with Crippen molar-refractivity contribution in [3.63, 3.8) is 0 Å². The van der Waals surface area contributed by atoms with Crippen molar-refractivity contribution in [2.24, 2.45) is 0 Å². The summed E-state index contributed by atoms with van der Waals surface area (Å²) < 4.78 is 20.5. The summed E-state index contributed by atoms with van der Waals surface area (Å²) in [7, 11) is 0. The second-order valence-corrected chi connectivity index (χ2v) is 8.43. The van der Waals surface area contributed by atoms with Crippen molar-refractivity contribution in [2.75, 3.05) is 19.6 Å². The number of hydrogen-bond acceptors (Lipinski definition) is 4. The topological polar surface area (TPSA) is 78.9 Å². The number of likely N-dealkylation sites (tertiary alicyclic amines) is 1. The van der Waals surface area contributed by atoms with Crippen LogP contribution in [0.15, 0.2) is 54.6 Å². The predicted octanol–water partition coefficient (Wildman–Crippen LogP) is 3.97. The van der Waals surface area contributed by atoms with Gasteiger partial charge in [0.15, 0.2) is 0 Å². The number of nitrogens with zero attached hydrogens (tertiary/aromatic N) is 1. The van der Waals surface area contributed by atoms with E-state index in [1.54, 1.807) is 12.1 Å². The minimum Gasteiger partial charge on any atom is -0.478 e. The number of alkyl halides is 1. The maximum absolute atomic E-state index is 15.2. The van der Waals surface area contributed by atoms with Crippen molar-refractivity contribution in [3.8, 4) is 0 Å². The van der Waals surface area contributed by atoms with Crippen molar-refractivity contribution in [2.45, 2.75) is 43.5 Å². The average Bonchev–Trinajstić information content (AvgIpc) is 3.57. The molecule has 4 rings (SSSR count). The number of rotatable bonds is 7. The number of aromatic carboxylic acids is 1. The number of carboxylic acids is 1. The molecule has 2 aromatic rings. The lowest BCUT2D eigenvalue weighted by molar-refractivity contribution is 0.0407. The number of carbonyl (C=O) groups excluding carboxylic acids is 1. The van der Waals surface area contributed by atoms with Gasteiger partial charge in [0.25, 0.3) is 0 Å².